The SMILES string of the molecule is CCCNCc1ccc(Oc2cc(Cl)cc(Cl)c2)cc1. The topological polar surface area (TPSA) is 21.3 Å². The second-order valence-electron chi connectivity index (χ2n) is 4.53. The van der Waals surface area contributed by atoms with E-state index in [1.807, 2.05) is 24.3 Å². The fourth-order valence-electron chi connectivity index (χ4n) is 1.81. The summed E-state index contributed by atoms with van der Waals surface area (Å²) in [4.78, 5) is 0. The Morgan fingerprint density at radius 3 is 2.20 bits per heavy atom. The molecule has 2 aromatic carbocycles. The maximum absolute atomic E-state index is 5.94. The van der Waals surface area contributed by atoms with Gasteiger partial charge in [-0.15, -0.1) is 0 Å². The molecule has 0 aromatic heterocycles. The molecule has 0 aliphatic heterocycles. The second kappa shape index (κ2) is 7.53. The molecule has 0 spiro atoms. The summed E-state index contributed by atoms with van der Waals surface area (Å²) in [5.41, 5.74) is 1.23. The third-order valence-electron chi connectivity index (χ3n) is 2.75. The third-order valence-corrected chi connectivity index (χ3v) is 3.19. The summed E-state index contributed by atoms with van der Waals surface area (Å²) in [5.74, 6) is 1.40. The van der Waals surface area contributed by atoms with Gasteiger partial charge < -0.3 is 10.1 Å². The lowest BCUT2D eigenvalue weighted by Crippen LogP contribution is -2.13. The van der Waals surface area contributed by atoms with Gasteiger partial charge in [0.1, 0.15) is 11.5 Å². The monoisotopic (exact) mass is 309 g/mol. The third kappa shape index (κ3) is 4.71. The first-order valence-corrected chi connectivity index (χ1v) is 7.36. The van der Waals surface area contributed by atoms with Gasteiger partial charge in [0.05, 0.1) is 0 Å². The summed E-state index contributed by atoms with van der Waals surface area (Å²) < 4.78 is 5.73. The zero-order valence-corrected chi connectivity index (χ0v) is 12.8. The molecule has 20 heavy (non-hydrogen) atoms. The average molecular weight is 310 g/mol. The van der Waals surface area contributed by atoms with E-state index in [9.17, 15) is 0 Å². The quantitative estimate of drug-likeness (QED) is 0.732. The van der Waals surface area contributed by atoms with Crippen LogP contribution >= 0.6 is 23.2 Å². The van der Waals surface area contributed by atoms with Crippen molar-refractivity contribution in [2.24, 2.45) is 0 Å². The standard InChI is InChI=1S/C16H17Cl2NO/c1-2-7-19-11-12-3-5-15(6-4-12)20-16-9-13(17)8-14(18)10-16/h3-6,8-10,19H,2,7,11H2,1H3. The molecular weight excluding hydrogens is 293 g/mol. The van der Waals surface area contributed by atoms with Crippen molar-refractivity contribution in [1.82, 2.24) is 5.32 Å². The van der Waals surface area contributed by atoms with Crippen LogP contribution in [0.25, 0.3) is 0 Å². The van der Waals surface area contributed by atoms with Crippen molar-refractivity contribution in [2.75, 3.05) is 6.54 Å². The van der Waals surface area contributed by atoms with Gasteiger partial charge in [0.25, 0.3) is 0 Å². The maximum atomic E-state index is 5.94. The lowest BCUT2D eigenvalue weighted by molar-refractivity contribution is 0.482. The molecule has 0 aliphatic rings. The summed E-state index contributed by atoms with van der Waals surface area (Å²) >= 11 is 11.9. The van der Waals surface area contributed by atoms with Crippen molar-refractivity contribution < 1.29 is 4.74 Å². The number of benzene rings is 2. The number of halogens is 2. The van der Waals surface area contributed by atoms with Crippen LogP contribution in [0.1, 0.15) is 18.9 Å². The van der Waals surface area contributed by atoms with Gasteiger partial charge in [-0.25, -0.2) is 0 Å². The average Bonchev–Trinajstić information content (AvgIpc) is 2.40. The zero-order valence-electron chi connectivity index (χ0n) is 11.3. The molecule has 1 N–H and O–H groups in total. The molecule has 2 nitrogen and oxygen atoms in total. The highest BCUT2D eigenvalue weighted by molar-refractivity contribution is 6.34. The van der Waals surface area contributed by atoms with E-state index in [1.165, 1.54) is 5.56 Å². The van der Waals surface area contributed by atoms with Crippen molar-refractivity contribution in [3.63, 3.8) is 0 Å². The second-order valence-corrected chi connectivity index (χ2v) is 5.40. The van der Waals surface area contributed by atoms with Crippen LogP contribution in [-0.2, 0) is 6.54 Å². The molecule has 2 aromatic rings. The van der Waals surface area contributed by atoms with Crippen LogP contribution in [0.3, 0.4) is 0 Å². The Hall–Kier alpha value is -1.22. The zero-order chi connectivity index (χ0) is 14.4. The van der Waals surface area contributed by atoms with Gasteiger partial charge in [0.2, 0.25) is 0 Å². The minimum Gasteiger partial charge on any atom is -0.457 e. The lowest BCUT2D eigenvalue weighted by Gasteiger charge is -2.08. The van der Waals surface area contributed by atoms with Crippen molar-refractivity contribution in [1.29, 1.82) is 0 Å². The molecule has 0 radical (unpaired) electrons. The van der Waals surface area contributed by atoms with Gasteiger partial charge in [0.15, 0.2) is 0 Å². The molecule has 0 saturated heterocycles. The first kappa shape index (κ1) is 15.2. The van der Waals surface area contributed by atoms with Crippen LogP contribution in [0, 0.1) is 0 Å². The van der Waals surface area contributed by atoms with Gasteiger partial charge in [-0.1, -0.05) is 42.3 Å². The summed E-state index contributed by atoms with van der Waals surface area (Å²) in [5, 5.41) is 4.49. The highest BCUT2D eigenvalue weighted by atomic mass is 35.5. The number of rotatable bonds is 6. The van der Waals surface area contributed by atoms with Crippen LogP contribution in [0.5, 0.6) is 11.5 Å². The Morgan fingerprint density at radius 1 is 0.950 bits per heavy atom. The molecule has 0 unspecified atom stereocenters. The Morgan fingerprint density at radius 2 is 1.60 bits per heavy atom. The van der Waals surface area contributed by atoms with E-state index in [-0.39, 0.29) is 0 Å². The normalized spacial score (nSPS) is 10.6. The highest BCUT2D eigenvalue weighted by Gasteiger charge is 2.01. The predicted molar refractivity (Wildman–Crippen MR) is 85.0 cm³/mol. The van der Waals surface area contributed by atoms with Gasteiger partial charge in [0, 0.05) is 16.6 Å². The smallest absolute Gasteiger partial charge is 0.130 e. The highest BCUT2D eigenvalue weighted by Crippen LogP contribution is 2.28. The fraction of sp³-hybridized carbons (Fsp3) is 0.250. The molecular formula is C16H17Cl2NO. The van der Waals surface area contributed by atoms with Gasteiger partial charge in [-0.3, -0.25) is 0 Å². The first-order chi connectivity index (χ1) is 9.67. The molecule has 0 saturated carbocycles. The molecule has 0 amide bonds. The lowest BCUT2D eigenvalue weighted by atomic mass is 10.2. The van der Waals surface area contributed by atoms with Crippen molar-refractivity contribution in [3.8, 4) is 11.5 Å². The minimum atomic E-state index is 0.563. The van der Waals surface area contributed by atoms with Crippen LogP contribution in [0.2, 0.25) is 10.0 Å². The Balaban J connectivity index is 1.99. The van der Waals surface area contributed by atoms with Gasteiger partial charge in [-0.2, -0.15) is 0 Å². The van der Waals surface area contributed by atoms with Crippen LogP contribution in [-0.4, -0.2) is 6.54 Å². The number of hydrogen-bond acceptors (Lipinski definition) is 2. The van der Waals surface area contributed by atoms with E-state index >= 15 is 0 Å². The number of hydrogen-bond donors (Lipinski definition) is 1. The molecule has 4 heteroatoms. The molecule has 106 valence electrons. The van der Waals surface area contributed by atoms with Crippen molar-refractivity contribution >= 4 is 23.2 Å². The molecule has 2 rings (SSSR count). The largest absolute Gasteiger partial charge is 0.457 e. The van der Waals surface area contributed by atoms with Gasteiger partial charge >= 0.3 is 0 Å². The first-order valence-electron chi connectivity index (χ1n) is 6.61. The van der Waals surface area contributed by atoms with E-state index < -0.39 is 0 Å². The molecule has 0 aliphatic carbocycles. The van der Waals surface area contributed by atoms with E-state index in [2.05, 4.69) is 12.2 Å². The predicted octanol–water partition coefficient (Wildman–Crippen LogP) is 5.29. The van der Waals surface area contributed by atoms with E-state index in [0.717, 1.165) is 25.3 Å². The van der Waals surface area contributed by atoms with Crippen molar-refractivity contribution in [2.45, 2.75) is 19.9 Å². The Bertz CT molecular complexity index is 535. The molecule has 0 bridgehead atoms. The Kier molecular flexibility index (Phi) is 5.72. The molecule has 0 atom stereocenters. The number of ether oxygens (including phenoxy) is 1. The fourth-order valence-corrected chi connectivity index (χ4v) is 2.31. The van der Waals surface area contributed by atoms with Crippen molar-refractivity contribution in [3.05, 3.63) is 58.1 Å². The molecule has 0 heterocycles. The van der Waals surface area contributed by atoms with Gasteiger partial charge in [-0.05, 0) is 48.9 Å². The summed E-state index contributed by atoms with van der Waals surface area (Å²) in [7, 11) is 0. The van der Waals surface area contributed by atoms with E-state index in [1.54, 1.807) is 18.2 Å². The summed E-state index contributed by atoms with van der Waals surface area (Å²) in [6.07, 6.45) is 1.14. The van der Waals surface area contributed by atoms with Crippen LogP contribution in [0.4, 0.5) is 0 Å². The van der Waals surface area contributed by atoms with Crippen LogP contribution in [0.15, 0.2) is 42.5 Å². The summed E-state index contributed by atoms with van der Waals surface area (Å²) in [6, 6.07) is 13.1. The summed E-state index contributed by atoms with van der Waals surface area (Å²) in [6.45, 7) is 4.05. The van der Waals surface area contributed by atoms with Crippen LogP contribution < -0.4 is 10.1 Å². The minimum absolute atomic E-state index is 0.563. The maximum Gasteiger partial charge on any atom is 0.130 e. The molecule has 0 fully saturated rings. The van der Waals surface area contributed by atoms with E-state index in [0.29, 0.717) is 15.8 Å². The number of nitrogens with one attached hydrogen (secondary N) is 1. The van der Waals surface area contributed by atoms with E-state index in [4.69, 9.17) is 27.9 Å². The Labute approximate surface area is 129 Å².